The van der Waals surface area contributed by atoms with E-state index in [0.29, 0.717) is 0 Å². The highest BCUT2D eigenvalue weighted by Gasteiger charge is 2.07. The number of aliphatic hydroxyl groups excluding tert-OH is 1. The van der Waals surface area contributed by atoms with Crippen molar-refractivity contribution < 1.29 is 14.6 Å². The fourth-order valence-electron chi connectivity index (χ4n) is 2.66. The molecule has 3 aromatic rings. The Morgan fingerprint density at radius 2 is 2.00 bits per heavy atom. The Balaban J connectivity index is 1.99. The average molecular weight is 321 g/mol. The fourth-order valence-corrected chi connectivity index (χ4v) is 2.66. The van der Waals surface area contributed by atoms with Crippen LogP contribution in [0.25, 0.3) is 22.0 Å². The Hall–Kier alpha value is -2.72. The van der Waals surface area contributed by atoms with Gasteiger partial charge >= 0.3 is 5.97 Å². The fraction of sp³-hybridized carbons (Fsp3) is 0.200. The van der Waals surface area contributed by atoms with Gasteiger partial charge in [-0.05, 0) is 41.6 Å². The molecule has 1 aromatic heterocycles. The second-order valence-corrected chi connectivity index (χ2v) is 5.81. The number of rotatable bonds is 4. The first kappa shape index (κ1) is 16.1. The second kappa shape index (κ2) is 6.81. The van der Waals surface area contributed by atoms with E-state index in [2.05, 4.69) is 4.98 Å². The van der Waals surface area contributed by atoms with Crippen LogP contribution in [-0.4, -0.2) is 23.2 Å². The largest absolute Gasteiger partial charge is 0.469 e. The van der Waals surface area contributed by atoms with Crippen LogP contribution in [0.2, 0.25) is 0 Å². The monoisotopic (exact) mass is 321 g/mol. The van der Waals surface area contributed by atoms with E-state index in [1.54, 1.807) is 6.92 Å². The first-order valence-electron chi connectivity index (χ1n) is 7.81. The maximum atomic E-state index is 11.4. The van der Waals surface area contributed by atoms with Crippen molar-refractivity contribution in [2.24, 2.45) is 0 Å². The van der Waals surface area contributed by atoms with Gasteiger partial charge in [-0.3, -0.25) is 9.78 Å². The number of carbonyl (C=O) groups is 1. The molecule has 0 unspecified atom stereocenters. The van der Waals surface area contributed by atoms with Crippen molar-refractivity contribution >= 4 is 16.7 Å². The van der Waals surface area contributed by atoms with Crippen LogP contribution in [-0.2, 0) is 16.0 Å². The molecule has 1 atom stereocenters. The lowest BCUT2D eigenvalue weighted by Gasteiger charge is -2.08. The van der Waals surface area contributed by atoms with Crippen molar-refractivity contribution in [2.45, 2.75) is 19.4 Å². The van der Waals surface area contributed by atoms with Crippen molar-refractivity contribution in [1.82, 2.24) is 4.98 Å². The summed E-state index contributed by atoms with van der Waals surface area (Å²) >= 11 is 0. The number of aliphatic hydroxyl groups is 1. The summed E-state index contributed by atoms with van der Waals surface area (Å²) in [5.74, 6) is -0.264. The molecule has 4 nitrogen and oxygen atoms in total. The van der Waals surface area contributed by atoms with Crippen LogP contribution in [0.15, 0.2) is 54.7 Å². The van der Waals surface area contributed by atoms with E-state index in [-0.39, 0.29) is 12.4 Å². The first-order chi connectivity index (χ1) is 11.6. The Morgan fingerprint density at radius 3 is 2.75 bits per heavy atom. The smallest absolute Gasteiger partial charge is 0.309 e. The number of methoxy groups -OCH3 is 1. The Labute approximate surface area is 140 Å². The molecule has 0 bridgehead atoms. The van der Waals surface area contributed by atoms with Gasteiger partial charge in [0.25, 0.3) is 0 Å². The predicted octanol–water partition coefficient (Wildman–Crippen LogP) is 3.67. The zero-order valence-electron chi connectivity index (χ0n) is 13.7. The maximum Gasteiger partial charge on any atom is 0.309 e. The molecular formula is C20H19NO3. The van der Waals surface area contributed by atoms with Gasteiger partial charge < -0.3 is 9.84 Å². The molecule has 0 radical (unpaired) electrons. The maximum absolute atomic E-state index is 11.4. The number of aromatic nitrogens is 1. The molecule has 0 saturated heterocycles. The Kier molecular flexibility index (Phi) is 4.58. The molecular weight excluding hydrogens is 302 g/mol. The summed E-state index contributed by atoms with van der Waals surface area (Å²) in [6.45, 7) is 1.75. The van der Waals surface area contributed by atoms with Crippen LogP contribution < -0.4 is 0 Å². The van der Waals surface area contributed by atoms with E-state index < -0.39 is 6.10 Å². The van der Waals surface area contributed by atoms with Gasteiger partial charge in [0.1, 0.15) is 0 Å². The van der Waals surface area contributed by atoms with Crippen LogP contribution in [0.3, 0.4) is 0 Å². The van der Waals surface area contributed by atoms with E-state index in [1.807, 2.05) is 54.7 Å². The van der Waals surface area contributed by atoms with Gasteiger partial charge in [-0.15, -0.1) is 0 Å². The predicted molar refractivity (Wildman–Crippen MR) is 93.5 cm³/mol. The zero-order valence-corrected chi connectivity index (χ0v) is 13.7. The molecule has 122 valence electrons. The van der Waals surface area contributed by atoms with Gasteiger partial charge in [0, 0.05) is 17.1 Å². The normalized spacial score (nSPS) is 12.1. The number of hydrogen-bond donors (Lipinski definition) is 1. The summed E-state index contributed by atoms with van der Waals surface area (Å²) in [5, 5.41) is 11.8. The summed E-state index contributed by atoms with van der Waals surface area (Å²) in [4.78, 5) is 16.0. The summed E-state index contributed by atoms with van der Waals surface area (Å²) in [6, 6.07) is 15.6. The summed E-state index contributed by atoms with van der Waals surface area (Å²) in [7, 11) is 1.39. The number of nitrogens with zero attached hydrogens (tertiary/aromatic N) is 1. The molecule has 24 heavy (non-hydrogen) atoms. The first-order valence-corrected chi connectivity index (χ1v) is 7.81. The SMILES string of the molecule is COC(=O)Cc1cccc(-c2cc3cc([C@@H](C)O)ccc3cn2)c1. The molecule has 0 aliphatic heterocycles. The van der Waals surface area contributed by atoms with Crippen LogP contribution >= 0.6 is 0 Å². The van der Waals surface area contributed by atoms with Gasteiger partial charge in [-0.25, -0.2) is 0 Å². The molecule has 4 heteroatoms. The quantitative estimate of drug-likeness (QED) is 0.745. The Morgan fingerprint density at radius 1 is 1.17 bits per heavy atom. The van der Waals surface area contributed by atoms with Gasteiger partial charge in [0.2, 0.25) is 0 Å². The van der Waals surface area contributed by atoms with E-state index in [1.165, 1.54) is 7.11 Å². The molecule has 3 rings (SSSR count). The van der Waals surface area contributed by atoms with Crippen molar-refractivity contribution in [3.8, 4) is 11.3 Å². The van der Waals surface area contributed by atoms with Crippen molar-refractivity contribution in [3.63, 3.8) is 0 Å². The highest BCUT2D eigenvalue weighted by Crippen LogP contribution is 2.25. The lowest BCUT2D eigenvalue weighted by atomic mass is 10.0. The molecule has 2 aromatic carbocycles. The molecule has 0 fully saturated rings. The number of pyridine rings is 1. The third kappa shape index (κ3) is 3.44. The van der Waals surface area contributed by atoms with Crippen LogP contribution in [0, 0.1) is 0 Å². The van der Waals surface area contributed by atoms with Gasteiger partial charge in [-0.2, -0.15) is 0 Å². The Bertz CT molecular complexity index is 887. The number of esters is 1. The van der Waals surface area contributed by atoms with E-state index in [9.17, 15) is 9.90 Å². The average Bonchev–Trinajstić information content (AvgIpc) is 2.60. The number of benzene rings is 2. The van der Waals surface area contributed by atoms with Crippen LogP contribution in [0.1, 0.15) is 24.2 Å². The number of carbonyl (C=O) groups excluding carboxylic acids is 1. The highest BCUT2D eigenvalue weighted by molar-refractivity contribution is 5.86. The molecule has 0 spiro atoms. The number of hydrogen-bond acceptors (Lipinski definition) is 4. The minimum absolute atomic E-state index is 0.240. The molecule has 1 heterocycles. The minimum Gasteiger partial charge on any atom is -0.469 e. The highest BCUT2D eigenvalue weighted by atomic mass is 16.5. The molecule has 0 saturated carbocycles. The molecule has 0 amide bonds. The third-order valence-corrected chi connectivity index (χ3v) is 4.03. The second-order valence-electron chi connectivity index (χ2n) is 5.81. The van der Waals surface area contributed by atoms with Gasteiger partial charge in [0.05, 0.1) is 25.3 Å². The van der Waals surface area contributed by atoms with Crippen LogP contribution in [0.4, 0.5) is 0 Å². The molecule has 0 aliphatic carbocycles. The van der Waals surface area contributed by atoms with Crippen molar-refractivity contribution in [3.05, 3.63) is 65.9 Å². The topological polar surface area (TPSA) is 59.4 Å². The van der Waals surface area contributed by atoms with E-state index in [0.717, 1.165) is 33.2 Å². The zero-order chi connectivity index (χ0) is 17.1. The molecule has 0 aliphatic rings. The van der Waals surface area contributed by atoms with E-state index in [4.69, 9.17) is 4.74 Å². The van der Waals surface area contributed by atoms with Crippen molar-refractivity contribution in [2.75, 3.05) is 7.11 Å². The van der Waals surface area contributed by atoms with Crippen LogP contribution in [0.5, 0.6) is 0 Å². The summed E-state index contributed by atoms with van der Waals surface area (Å²) in [5.41, 5.74) is 3.54. The molecule has 1 N–H and O–H groups in total. The van der Waals surface area contributed by atoms with Crippen molar-refractivity contribution in [1.29, 1.82) is 0 Å². The summed E-state index contributed by atoms with van der Waals surface area (Å²) in [6.07, 6.45) is 1.56. The third-order valence-electron chi connectivity index (χ3n) is 4.03. The van der Waals surface area contributed by atoms with Gasteiger partial charge in [0.15, 0.2) is 0 Å². The minimum atomic E-state index is -0.505. The van der Waals surface area contributed by atoms with Gasteiger partial charge in [-0.1, -0.05) is 30.3 Å². The number of ether oxygens (including phenoxy) is 1. The lowest BCUT2D eigenvalue weighted by Crippen LogP contribution is -2.04. The standard InChI is InChI=1S/C20H19NO3/c1-13(22)15-6-7-17-12-21-19(11-18(17)10-15)16-5-3-4-14(8-16)9-20(23)24-2/h3-8,10-13,22H,9H2,1-2H3/t13-/m1/s1. The number of fused-ring (bicyclic) bond motifs is 1. The summed E-state index contributed by atoms with van der Waals surface area (Å²) < 4.78 is 4.71. The lowest BCUT2D eigenvalue weighted by molar-refractivity contribution is -0.139. The van der Waals surface area contributed by atoms with E-state index >= 15 is 0 Å².